The molecule has 0 aliphatic carbocycles. The molecule has 0 aromatic heterocycles. The summed E-state index contributed by atoms with van der Waals surface area (Å²) in [5.74, 6) is -6.18. The van der Waals surface area contributed by atoms with Crippen LogP contribution in [-0.4, -0.2) is 23.9 Å². The third kappa shape index (κ3) is 2.71. The highest BCUT2D eigenvalue weighted by Crippen LogP contribution is 2.19. The molecule has 9 heteroatoms. The number of urea groups is 1. The van der Waals surface area contributed by atoms with Crippen LogP contribution in [-0.2, 0) is 9.59 Å². The summed E-state index contributed by atoms with van der Waals surface area (Å²) in [6, 6.07) is -0.334. The maximum atomic E-state index is 13.3. The van der Waals surface area contributed by atoms with Crippen molar-refractivity contribution >= 4 is 23.5 Å². The summed E-state index contributed by atoms with van der Waals surface area (Å²) in [7, 11) is 0. The van der Waals surface area contributed by atoms with Gasteiger partial charge in [0.2, 0.25) is 5.91 Å². The second-order valence-electron chi connectivity index (χ2n) is 3.99. The molecule has 1 fully saturated rings. The van der Waals surface area contributed by atoms with E-state index in [0.717, 1.165) is 6.07 Å². The summed E-state index contributed by atoms with van der Waals surface area (Å²) in [5, 5.41) is 6.07. The molecule has 1 atom stereocenters. The molecule has 106 valence electrons. The van der Waals surface area contributed by atoms with Crippen molar-refractivity contribution in [2.24, 2.45) is 0 Å². The van der Waals surface area contributed by atoms with Gasteiger partial charge in [-0.3, -0.25) is 14.9 Å². The number of carbonyl (C=O) groups excluding carboxylic acids is 3. The normalized spacial score (nSPS) is 17.6. The summed E-state index contributed by atoms with van der Waals surface area (Å²) in [5.41, 5.74) is -0.557. The Morgan fingerprint density at radius 3 is 2.50 bits per heavy atom. The highest BCUT2D eigenvalue weighted by atomic mass is 19.2. The third-order valence-electron chi connectivity index (χ3n) is 2.56. The molecular weight excluding hydrogens is 279 g/mol. The molecule has 1 unspecified atom stereocenters. The summed E-state index contributed by atoms with van der Waals surface area (Å²) in [6.07, 6.45) is -0.462. The van der Waals surface area contributed by atoms with Crippen LogP contribution in [0.2, 0.25) is 0 Å². The van der Waals surface area contributed by atoms with Crippen LogP contribution in [0.1, 0.15) is 6.42 Å². The largest absolute Gasteiger partial charge is 0.325 e. The first-order chi connectivity index (χ1) is 9.38. The van der Waals surface area contributed by atoms with Crippen molar-refractivity contribution in [1.29, 1.82) is 0 Å². The molecule has 1 aliphatic heterocycles. The summed E-state index contributed by atoms with van der Waals surface area (Å²) >= 11 is 0. The SMILES string of the molecule is O=C(CC1NC(=O)NC1=O)Nc1ccc(F)c(F)c1F. The molecule has 20 heavy (non-hydrogen) atoms. The Hall–Kier alpha value is -2.58. The van der Waals surface area contributed by atoms with Crippen molar-refractivity contribution in [3.63, 3.8) is 0 Å². The molecule has 3 N–H and O–H groups in total. The first kappa shape index (κ1) is 13.8. The molecule has 0 saturated carbocycles. The minimum Gasteiger partial charge on any atom is -0.325 e. The van der Waals surface area contributed by atoms with Crippen LogP contribution >= 0.6 is 0 Å². The highest BCUT2D eigenvalue weighted by Gasteiger charge is 2.31. The van der Waals surface area contributed by atoms with E-state index in [-0.39, 0.29) is 0 Å². The fourth-order valence-electron chi connectivity index (χ4n) is 1.61. The molecule has 0 spiro atoms. The molecule has 6 nitrogen and oxygen atoms in total. The van der Waals surface area contributed by atoms with Gasteiger partial charge >= 0.3 is 6.03 Å². The van der Waals surface area contributed by atoms with Crippen LogP contribution in [0.4, 0.5) is 23.7 Å². The van der Waals surface area contributed by atoms with E-state index >= 15 is 0 Å². The minimum absolute atomic E-state index is 0.462. The van der Waals surface area contributed by atoms with Crippen molar-refractivity contribution < 1.29 is 27.6 Å². The van der Waals surface area contributed by atoms with Crippen LogP contribution in [0, 0.1) is 17.5 Å². The van der Waals surface area contributed by atoms with Crippen molar-refractivity contribution in [2.45, 2.75) is 12.5 Å². The number of hydrogen-bond donors (Lipinski definition) is 3. The molecule has 0 bridgehead atoms. The summed E-state index contributed by atoms with van der Waals surface area (Å²) < 4.78 is 38.9. The van der Waals surface area contributed by atoms with Crippen LogP contribution in [0.25, 0.3) is 0 Å². The number of benzene rings is 1. The number of imide groups is 1. The van der Waals surface area contributed by atoms with Gasteiger partial charge in [0.05, 0.1) is 12.1 Å². The van der Waals surface area contributed by atoms with Gasteiger partial charge in [0.1, 0.15) is 6.04 Å². The van der Waals surface area contributed by atoms with Gasteiger partial charge in [-0.1, -0.05) is 0 Å². The Kier molecular flexibility index (Phi) is 3.59. The van der Waals surface area contributed by atoms with Crippen molar-refractivity contribution in [1.82, 2.24) is 10.6 Å². The van der Waals surface area contributed by atoms with Crippen LogP contribution in [0.3, 0.4) is 0 Å². The smallest absolute Gasteiger partial charge is 0.322 e. The molecule has 0 radical (unpaired) electrons. The van der Waals surface area contributed by atoms with Gasteiger partial charge in [0.25, 0.3) is 5.91 Å². The predicted octanol–water partition coefficient (Wildman–Crippen LogP) is 0.640. The summed E-state index contributed by atoms with van der Waals surface area (Å²) in [6.45, 7) is 0. The van der Waals surface area contributed by atoms with E-state index in [1.165, 1.54) is 0 Å². The predicted molar refractivity (Wildman–Crippen MR) is 60.0 cm³/mol. The van der Waals surface area contributed by atoms with Crippen LogP contribution in [0.5, 0.6) is 0 Å². The monoisotopic (exact) mass is 287 g/mol. The van der Waals surface area contributed by atoms with Crippen LogP contribution < -0.4 is 16.0 Å². The molecular formula is C11H8F3N3O3. The average Bonchev–Trinajstić information content (AvgIpc) is 2.68. The Morgan fingerprint density at radius 1 is 1.20 bits per heavy atom. The van der Waals surface area contributed by atoms with E-state index in [2.05, 4.69) is 5.32 Å². The van der Waals surface area contributed by atoms with E-state index in [1.54, 1.807) is 0 Å². The fraction of sp³-hybridized carbons (Fsp3) is 0.182. The number of rotatable bonds is 3. The van der Waals surface area contributed by atoms with E-state index in [1.807, 2.05) is 10.6 Å². The van der Waals surface area contributed by atoms with Gasteiger partial charge < -0.3 is 10.6 Å². The Balaban J connectivity index is 2.04. The topological polar surface area (TPSA) is 87.3 Å². The first-order valence-corrected chi connectivity index (χ1v) is 5.43. The van der Waals surface area contributed by atoms with Gasteiger partial charge in [-0.2, -0.15) is 0 Å². The zero-order valence-corrected chi connectivity index (χ0v) is 9.80. The van der Waals surface area contributed by atoms with Gasteiger partial charge in [-0.05, 0) is 12.1 Å². The van der Waals surface area contributed by atoms with Crippen molar-refractivity contribution in [3.8, 4) is 0 Å². The van der Waals surface area contributed by atoms with Crippen molar-refractivity contribution in [3.05, 3.63) is 29.6 Å². The molecule has 4 amide bonds. The Labute approximate surface area is 110 Å². The molecule has 1 heterocycles. The number of carbonyl (C=O) groups is 3. The second-order valence-corrected chi connectivity index (χ2v) is 3.99. The number of nitrogens with one attached hydrogen (secondary N) is 3. The highest BCUT2D eigenvalue weighted by molar-refractivity contribution is 6.06. The van der Waals surface area contributed by atoms with E-state index in [9.17, 15) is 27.6 Å². The van der Waals surface area contributed by atoms with Gasteiger partial charge in [0, 0.05) is 0 Å². The fourth-order valence-corrected chi connectivity index (χ4v) is 1.61. The number of hydrogen-bond acceptors (Lipinski definition) is 3. The maximum absolute atomic E-state index is 13.3. The van der Waals surface area contributed by atoms with Gasteiger partial charge in [-0.25, -0.2) is 18.0 Å². The number of anilines is 1. The lowest BCUT2D eigenvalue weighted by atomic mass is 10.2. The maximum Gasteiger partial charge on any atom is 0.322 e. The van der Waals surface area contributed by atoms with Crippen molar-refractivity contribution in [2.75, 3.05) is 5.32 Å². The Bertz CT molecular complexity index is 606. The quantitative estimate of drug-likeness (QED) is 0.563. The minimum atomic E-state index is -1.71. The molecule has 2 rings (SSSR count). The molecule has 1 saturated heterocycles. The molecule has 1 aromatic rings. The first-order valence-electron chi connectivity index (χ1n) is 5.43. The molecule has 1 aliphatic rings. The van der Waals surface area contributed by atoms with Crippen LogP contribution in [0.15, 0.2) is 12.1 Å². The van der Waals surface area contributed by atoms with Gasteiger partial charge in [-0.15, -0.1) is 0 Å². The van der Waals surface area contributed by atoms with E-state index in [4.69, 9.17) is 0 Å². The van der Waals surface area contributed by atoms with E-state index in [0.29, 0.717) is 6.07 Å². The lowest BCUT2D eigenvalue weighted by molar-refractivity contribution is -0.124. The second kappa shape index (κ2) is 5.19. The third-order valence-corrected chi connectivity index (χ3v) is 2.56. The zero-order chi connectivity index (χ0) is 14.9. The Morgan fingerprint density at radius 2 is 1.90 bits per heavy atom. The number of halogens is 3. The lowest BCUT2D eigenvalue weighted by Gasteiger charge is -2.09. The zero-order valence-electron chi connectivity index (χ0n) is 9.80. The summed E-state index contributed by atoms with van der Waals surface area (Å²) in [4.78, 5) is 33.5. The lowest BCUT2D eigenvalue weighted by Crippen LogP contribution is -2.33. The van der Waals surface area contributed by atoms with E-state index < -0.39 is 53.4 Å². The molecule has 1 aromatic carbocycles. The standard InChI is InChI=1S/C11H8F3N3O3/c12-4-1-2-5(9(14)8(4)13)15-7(18)3-6-10(19)17-11(20)16-6/h1-2,6H,3H2,(H,15,18)(H2,16,17,19,20). The number of amides is 4. The van der Waals surface area contributed by atoms with Gasteiger partial charge in [0.15, 0.2) is 17.5 Å². The average molecular weight is 287 g/mol.